The number of hydrogen-bond acceptors (Lipinski definition) is 3. The van der Waals surface area contributed by atoms with Gasteiger partial charge in [0.1, 0.15) is 5.76 Å². The monoisotopic (exact) mass is 450 g/mol. The number of aliphatic hydroxyl groups excluding tert-OH is 1. The summed E-state index contributed by atoms with van der Waals surface area (Å²) >= 11 is 0. The van der Waals surface area contributed by atoms with Gasteiger partial charge in [-0.1, -0.05) is 73.5 Å². The molecule has 1 atom stereocenters. The maximum atomic E-state index is 13.5. The molecule has 170 valence electrons. The van der Waals surface area contributed by atoms with Gasteiger partial charge in [0.2, 0.25) is 0 Å². The number of carbonyl (C=O) groups is 2. The van der Waals surface area contributed by atoms with Crippen molar-refractivity contribution in [3.05, 3.63) is 89.6 Å². The Morgan fingerprint density at radius 1 is 0.882 bits per heavy atom. The van der Waals surface area contributed by atoms with Crippen molar-refractivity contribution in [3.8, 4) is 0 Å². The van der Waals surface area contributed by atoms with Crippen molar-refractivity contribution in [1.29, 1.82) is 0 Å². The first kappa shape index (κ1) is 20.7. The average molecular weight is 451 g/mol. The number of nitrogens with zero attached hydrogens (tertiary/aromatic N) is 2. The Hall–Kier alpha value is -3.86. The highest BCUT2D eigenvalue weighted by Crippen LogP contribution is 2.46. The minimum absolute atomic E-state index is 0.00163. The van der Waals surface area contributed by atoms with E-state index in [4.69, 9.17) is 0 Å². The number of para-hydroxylation sites is 1. The Kier molecular flexibility index (Phi) is 4.80. The molecule has 5 nitrogen and oxygen atoms in total. The third kappa shape index (κ3) is 3.00. The zero-order chi connectivity index (χ0) is 23.4. The van der Waals surface area contributed by atoms with Gasteiger partial charge in [-0.3, -0.25) is 9.59 Å². The van der Waals surface area contributed by atoms with Crippen LogP contribution in [0.2, 0.25) is 0 Å². The highest BCUT2D eigenvalue weighted by Gasteiger charge is 2.50. The Morgan fingerprint density at radius 2 is 1.56 bits per heavy atom. The molecule has 2 fully saturated rings. The number of ketones is 1. The largest absolute Gasteiger partial charge is 0.507 e. The molecule has 6 rings (SSSR count). The fraction of sp³-hybridized carbons (Fsp3) is 0.241. The Morgan fingerprint density at radius 3 is 2.35 bits per heavy atom. The predicted molar refractivity (Wildman–Crippen MR) is 133 cm³/mol. The Balaban J connectivity index is 1.63. The van der Waals surface area contributed by atoms with Crippen LogP contribution in [0.15, 0.2) is 78.5 Å². The van der Waals surface area contributed by atoms with Crippen LogP contribution >= 0.6 is 0 Å². The van der Waals surface area contributed by atoms with Crippen LogP contribution in [-0.2, 0) is 16.6 Å². The number of fused-ring (bicyclic) bond motifs is 2. The van der Waals surface area contributed by atoms with E-state index < -0.39 is 17.7 Å². The molecule has 0 radical (unpaired) electrons. The molecule has 4 aromatic rings. The number of carbonyl (C=O) groups excluding carboxylic acids is 2. The first-order valence-corrected chi connectivity index (χ1v) is 11.9. The summed E-state index contributed by atoms with van der Waals surface area (Å²) in [6, 6.07) is 20.8. The van der Waals surface area contributed by atoms with Gasteiger partial charge in [0.05, 0.1) is 11.6 Å². The fourth-order valence-electron chi connectivity index (χ4n) is 5.88. The Bertz CT molecular complexity index is 1480. The van der Waals surface area contributed by atoms with Crippen LogP contribution in [0.1, 0.15) is 42.9 Å². The summed E-state index contributed by atoms with van der Waals surface area (Å²) < 4.78 is 2.03. The molecule has 3 aromatic carbocycles. The summed E-state index contributed by atoms with van der Waals surface area (Å²) in [5.41, 5.74) is 2.67. The molecule has 1 amide bonds. The fourth-order valence-corrected chi connectivity index (χ4v) is 5.88. The smallest absolute Gasteiger partial charge is 0.295 e. The molecule has 2 heterocycles. The quantitative estimate of drug-likeness (QED) is 0.248. The number of Topliss-reactive ketones (excluding diaryl/α,β-unsaturated/α-hetero) is 1. The summed E-state index contributed by atoms with van der Waals surface area (Å²) in [4.78, 5) is 28.7. The molecular weight excluding hydrogens is 424 g/mol. The van der Waals surface area contributed by atoms with Crippen molar-refractivity contribution in [2.45, 2.75) is 37.8 Å². The van der Waals surface area contributed by atoms with Gasteiger partial charge in [-0.2, -0.15) is 0 Å². The zero-order valence-corrected chi connectivity index (χ0v) is 19.1. The van der Waals surface area contributed by atoms with Gasteiger partial charge in [0.25, 0.3) is 11.7 Å². The van der Waals surface area contributed by atoms with Gasteiger partial charge in [0.15, 0.2) is 0 Å². The van der Waals surface area contributed by atoms with Crippen molar-refractivity contribution in [2.75, 3.05) is 0 Å². The van der Waals surface area contributed by atoms with Gasteiger partial charge in [-0.15, -0.1) is 0 Å². The minimum atomic E-state index is -0.617. The summed E-state index contributed by atoms with van der Waals surface area (Å²) in [5.74, 6) is -1.21. The van der Waals surface area contributed by atoms with E-state index in [0.29, 0.717) is 5.56 Å². The summed E-state index contributed by atoms with van der Waals surface area (Å²) in [5, 5.41) is 14.5. The van der Waals surface area contributed by atoms with Crippen LogP contribution in [0.5, 0.6) is 0 Å². The van der Waals surface area contributed by atoms with Crippen molar-refractivity contribution < 1.29 is 14.7 Å². The first-order chi connectivity index (χ1) is 16.6. The van der Waals surface area contributed by atoms with Gasteiger partial charge in [-0.05, 0) is 29.7 Å². The van der Waals surface area contributed by atoms with E-state index in [-0.39, 0.29) is 17.4 Å². The van der Waals surface area contributed by atoms with E-state index in [1.54, 1.807) is 4.90 Å². The lowest BCUT2D eigenvalue weighted by atomic mass is 9.92. The van der Waals surface area contributed by atoms with E-state index >= 15 is 0 Å². The van der Waals surface area contributed by atoms with Crippen molar-refractivity contribution >= 4 is 39.1 Å². The molecule has 34 heavy (non-hydrogen) atoms. The van der Waals surface area contributed by atoms with E-state index in [9.17, 15) is 14.7 Å². The lowest BCUT2D eigenvalue weighted by Crippen LogP contribution is -2.37. The number of hydrogen-bond donors (Lipinski definition) is 1. The van der Waals surface area contributed by atoms with Gasteiger partial charge >= 0.3 is 0 Å². The minimum Gasteiger partial charge on any atom is -0.507 e. The van der Waals surface area contributed by atoms with Gasteiger partial charge < -0.3 is 14.6 Å². The van der Waals surface area contributed by atoms with Crippen LogP contribution in [0.25, 0.3) is 27.4 Å². The molecule has 0 bridgehead atoms. The number of benzene rings is 3. The van der Waals surface area contributed by atoms with Crippen LogP contribution in [-0.4, -0.2) is 32.3 Å². The number of aryl methyl sites for hydroxylation is 1. The SMILES string of the molecule is Cn1cc(C2/C(=C(\O)c3cccc4ccccc34)C(=O)C(=O)N2C2CCCC2)c2ccccc21. The highest BCUT2D eigenvalue weighted by atomic mass is 16.3. The van der Waals surface area contributed by atoms with E-state index in [1.165, 1.54) is 0 Å². The third-order valence-electron chi connectivity index (χ3n) is 7.47. The van der Waals surface area contributed by atoms with E-state index in [2.05, 4.69) is 0 Å². The second-order valence-corrected chi connectivity index (χ2v) is 9.38. The maximum absolute atomic E-state index is 13.5. The molecule has 1 aliphatic heterocycles. The predicted octanol–water partition coefficient (Wildman–Crippen LogP) is 5.70. The molecule has 1 unspecified atom stereocenters. The molecule has 1 aromatic heterocycles. The first-order valence-electron chi connectivity index (χ1n) is 11.9. The zero-order valence-electron chi connectivity index (χ0n) is 19.1. The van der Waals surface area contributed by atoms with Crippen LogP contribution < -0.4 is 0 Å². The lowest BCUT2D eigenvalue weighted by molar-refractivity contribution is -0.141. The second-order valence-electron chi connectivity index (χ2n) is 9.38. The van der Waals surface area contributed by atoms with Gasteiger partial charge in [-0.25, -0.2) is 0 Å². The van der Waals surface area contributed by atoms with Gasteiger partial charge in [0, 0.05) is 41.3 Å². The van der Waals surface area contributed by atoms with E-state index in [1.807, 2.05) is 84.5 Å². The van der Waals surface area contributed by atoms with Crippen LogP contribution in [0.4, 0.5) is 0 Å². The standard InChI is InChI=1S/C29H26N2O3/c1-30-17-23(21-14-6-7-16-24(21)30)26-25(28(33)29(34)31(26)19-11-3-4-12-19)27(32)22-15-8-10-18-9-2-5-13-20(18)22/h2,5-10,13-17,19,26,32H,3-4,11-12H2,1H3/b27-25+. The molecule has 1 saturated heterocycles. The molecule has 5 heteroatoms. The lowest BCUT2D eigenvalue weighted by Gasteiger charge is -2.30. The summed E-state index contributed by atoms with van der Waals surface area (Å²) in [6.07, 6.45) is 5.84. The summed E-state index contributed by atoms with van der Waals surface area (Å²) in [6.45, 7) is 0. The molecule has 1 N–H and O–H groups in total. The molecule has 2 aliphatic rings. The number of aromatic nitrogens is 1. The molecule has 0 spiro atoms. The topological polar surface area (TPSA) is 62.5 Å². The number of amides is 1. The maximum Gasteiger partial charge on any atom is 0.295 e. The average Bonchev–Trinajstić information content (AvgIpc) is 3.56. The number of aliphatic hydroxyl groups is 1. The highest BCUT2D eigenvalue weighted by molar-refractivity contribution is 6.47. The van der Waals surface area contributed by atoms with Crippen LogP contribution in [0.3, 0.4) is 0 Å². The third-order valence-corrected chi connectivity index (χ3v) is 7.47. The van der Waals surface area contributed by atoms with Crippen LogP contribution in [0, 0.1) is 0 Å². The number of likely N-dealkylation sites (tertiary alicyclic amines) is 1. The molecular formula is C29H26N2O3. The van der Waals surface area contributed by atoms with Crippen molar-refractivity contribution in [2.24, 2.45) is 7.05 Å². The molecule has 1 saturated carbocycles. The van der Waals surface area contributed by atoms with E-state index in [0.717, 1.165) is 52.9 Å². The van der Waals surface area contributed by atoms with Crippen molar-refractivity contribution in [3.63, 3.8) is 0 Å². The molecule has 1 aliphatic carbocycles. The number of rotatable bonds is 3. The Labute approximate surface area is 197 Å². The normalized spacial score (nSPS) is 20.7. The summed E-state index contributed by atoms with van der Waals surface area (Å²) in [7, 11) is 1.97. The second kappa shape index (κ2) is 7.87. The van der Waals surface area contributed by atoms with Crippen molar-refractivity contribution in [1.82, 2.24) is 9.47 Å².